The molecule has 1 aromatic carbocycles. The Kier molecular flexibility index (Phi) is 5.20. The number of fused-ring (bicyclic) bond motifs is 1. The minimum atomic E-state index is 0.547. The molecule has 1 aliphatic rings. The molecule has 0 N–H and O–H groups in total. The molecule has 0 amide bonds. The van der Waals surface area contributed by atoms with Gasteiger partial charge in [0.05, 0.1) is 10.0 Å². The van der Waals surface area contributed by atoms with Crippen molar-refractivity contribution in [3.05, 3.63) is 58.0 Å². The second-order valence-electron chi connectivity index (χ2n) is 6.50. The van der Waals surface area contributed by atoms with Crippen LogP contribution in [0.3, 0.4) is 0 Å². The molecule has 0 spiro atoms. The van der Waals surface area contributed by atoms with Crippen LogP contribution in [0.1, 0.15) is 49.4 Å². The van der Waals surface area contributed by atoms with Crippen molar-refractivity contribution < 1.29 is 0 Å². The highest BCUT2D eigenvalue weighted by atomic mass is 35.5. The summed E-state index contributed by atoms with van der Waals surface area (Å²) in [5.74, 6) is 2.46. The fraction of sp³-hybridized carbons (Fsp3) is 0.368. The lowest BCUT2D eigenvalue weighted by Gasteiger charge is -2.19. The maximum Gasteiger partial charge on any atom is 0.161 e. The molecule has 2 aromatic heterocycles. The quantitative estimate of drug-likeness (QED) is 0.483. The molecule has 0 unspecified atom stereocenters. The van der Waals surface area contributed by atoms with Gasteiger partial charge >= 0.3 is 0 Å². The van der Waals surface area contributed by atoms with Crippen molar-refractivity contribution in [1.29, 1.82) is 0 Å². The second-order valence-corrected chi connectivity index (χ2v) is 8.30. The Morgan fingerprint density at radius 3 is 2.56 bits per heavy atom. The molecule has 1 fully saturated rings. The van der Waals surface area contributed by atoms with E-state index in [2.05, 4.69) is 32.9 Å². The molecule has 3 aromatic rings. The van der Waals surface area contributed by atoms with E-state index in [-0.39, 0.29) is 0 Å². The van der Waals surface area contributed by atoms with Gasteiger partial charge in [0.2, 0.25) is 0 Å². The number of thioether (sulfide) groups is 1. The predicted octanol–water partition coefficient (Wildman–Crippen LogP) is 6.38. The van der Waals surface area contributed by atoms with Crippen LogP contribution in [0, 0.1) is 0 Å². The maximum absolute atomic E-state index is 6.25. The Labute approximate surface area is 161 Å². The van der Waals surface area contributed by atoms with Crippen LogP contribution in [0.5, 0.6) is 0 Å². The van der Waals surface area contributed by atoms with Gasteiger partial charge in [-0.05, 0) is 42.7 Å². The van der Waals surface area contributed by atoms with Crippen LogP contribution >= 0.6 is 35.0 Å². The molecule has 3 nitrogen and oxygen atoms in total. The number of hydrogen-bond donors (Lipinski definition) is 0. The molecule has 4 rings (SSSR count). The van der Waals surface area contributed by atoms with Gasteiger partial charge in [0.25, 0.3) is 0 Å². The lowest BCUT2D eigenvalue weighted by atomic mass is 9.89. The smallest absolute Gasteiger partial charge is 0.161 e. The zero-order valence-corrected chi connectivity index (χ0v) is 16.1. The van der Waals surface area contributed by atoms with E-state index in [9.17, 15) is 0 Å². The lowest BCUT2D eigenvalue weighted by molar-refractivity contribution is 0.426. The fourth-order valence-corrected chi connectivity index (χ4v) is 5.08. The van der Waals surface area contributed by atoms with E-state index >= 15 is 0 Å². The van der Waals surface area contributed by atoms with Crippen molar-refractivity contribution in [2.75, 3.05) is 0 Å². The van der Waals surface area contributed by atoms with Crippen molar-refractivity contribution in [2.24, 2.45) is 0 Å². The largest absolute Gasteiger partial charge is 0.286 e. The van der Waals surface area contributed by atoms with Crippen LogP contribution in [-0.4, -0.2) is 14.6 Å². The van der Waals surface area contributed by atoms with Gasteiger partial charge < -0.3 is 0 Å². The van der Waals surface area contributed by atoms with Gasteiger partial charge in [0.1, 0.15) is 5.82 Å². The average Bonchev–Trinajstić information content (AvgIpc) is 3.05. The standard InChI is InChI=1S/C19H19Cl2N3S/c20-15-7-4-8-16(21)18(15)25-12-13-9-10-24-17(11-13)22-23-19(24)14-5-2-1-3-6-14/h4,7-11,14H,1-3,5-6,12H2. The molecule has 1 saturated carbocycles. The summed E-state index contributed by atoms with van der Waals surface area (Å²) in [5.41, 5.74) is 2.11. The van der Waals surface area contributed by atoms with E-state index in [1.54, 1.807) is 11.8 Å². The van der Waals surface area contributed by atoms with E-state index < -0.39 is 0 Å². The first kappa shape index (κ1) is 17.2. The Morgan fingerprint density at radius 1 is 1.04 bits per heavy atom. The molecule has 130 valence electrons. The third-order valence-corrected chi connectivity index (χ3v) is 6.83. The lowest BCUT2D eigenvalue weighted by Crippen LogP contribution is -2.08. The number of benzene rings is 1. The number of pyridine rings is 1. The highest BCUT2D eigenvalue weighted by Gasteiger charge is 2.20. The van der Waals surface area contributed by atoms with Gasteiger partial charge in [-0.3, -0.25) is 4.40 Å². The Morgan fingerprint density at radius 2 is 1.80 bits per heavy atom. The monoisotopic (exact) mass is 391 g/mol. The van der Waals surface area contributed by atoms with E-state index in [0.29, 0.717) is 16.0 Å². The van der Waals surface area contributed by atoms with Crippen LogP contribution in [0.15, 0.2) is 41.4 Å². The Hall–Kier alpha value is -1.23. The number of hydrogen-bond acceptors (Lipinski definition) is 3. The first-order chi connectivity index (χ1) is 12.2. The molecule has 0 bridgehead atoms. The molecule has 0 saturated heterocycles. The van der Waals surface area contributed by atoms with Crippen molar-refractivity contribution in [3.8, 4) is 0 Å². The summed E-state index contributed by atoms with van der Waals surface area (Å²) in [5, 5.41) is 10.3. The van der Waals surface area contributed by atoms with Crippen molar-refractivity contribution >= 4 is 40.6 Å². The Balaban J connectivity index is 1.54. The molecule has 0 radical (unpaired) electrons. The molecule has 25 heavy (non-hydrogen) atoms. The van der Waals surface area contributed by atoms with Gasteiger partial charge in [-0.25, -0.2) is 0 Å². The summed E-state index contributed by atoms with van der Waals surface area (Å²) >= 11 is 14.1. The molecule has 1 aliphatic carbocycles. The summed E-state index contributed by atoms with van der Waals surface area (Å²) in [6.07, 6.45) is 8.50. The normalized spacial score (nSPS) is 15.8. The summed E-state index contributed by atoms with van der Waals surface area (Å²) in [6, 6.07) is 9.85. The summed E-state index contributed by atoms with van der Waals surface area (Å²) in [4.78, 5) is 0.926. The summed E-state index contributed by atoms with van der Waals surface area (Å²) in [7, 11) is 0. The zero-order valence-electron chi connectivity index (χ0n) is 13.8. The van der Waals surface area contributed by atoms with Crippen LogP contribution in [0.2, 0.25) is 10.0 Å². The molecular formula is C19H19Cl2N3S. The minimum Gasteiger partial charge on any atom is -0.286 e. The molecular weight excluding hydrogens is 373 g/mol. The van der Waals surface area contributed by atoms with Gasteiger partial charge in [0.15, 0.2) is 5.65 Å². The van der Waals surface area contributed by atoms with Crippen molar-refractivity contribution in [1.82, 2.24) is 14.6 Å². The van der Waals surface area contributed by atoms with E-state index in [1.165, 1.54) is 37.7 Å². The fourth-order valence-electron chi connectivity index (χ4n) is 3.46. The Bertz CT molecular complexity index is 867. The van der Waals surface area contributed by atoms with E-state index in [4.69, 9.17) is 23.2 Å². The maximum atomic E-state index is 6.25. The second kappa shape index (κ2) is 7.56. The van der Waals surface area contributed by atoms with Crippen molar-refractivity contribution in [2.45, 2.75) is 48.7 Å². The number of aromatic nitrogens is 3. The van der Waals surface area contributed by atoms with Gasteiger partial charge in [0, 0.05) is 22.8 Å². The first-order valence-corrected chi connectivity index (χ1v) is 10.4. The van der Waals surface area contributed by atoms with E-state index in [0.717, 1.165) is 22.1 Å². The van der Waals surface area contributed by atoms with Gasteiger partial charge in [-0.1, -0.05) is 48.5 Å². The van der Waals surface area contributed by atoms with Crippen LogP contribution < -0.4 is 0 Å². The number of rotatable bonds is 4. The number of halogens is 2. The van der Waals surface area contributed by atoms with Crippen LogP contribution in [0.4, 0.5) is 0 Å². The molecule has 0 aliphatic heterocycles. The third kappa shape index (κ3) is 3.67. The van der Waals surface area contributed by atoms with Gasteiger partial charge in [-0.2, -0.15) is 0 Å². The summed E-state index contributed by atoms with van der Waals surface area (Å²) < 4.78 is 2.15. The van der Waals surface area contributed by atoms with Crippen molar-refractivity contribution in [3.63, 3.8) is 0 Å². The number of nitrogens with zero attached hydrogens (tertiary/aromatic N) is 3. The molecule has 2 heterocycles. The van der Waals surface area contributed by atoms with Crippen LogP contribution in [0.25, 0.3) is 5.65 Å². The highest BCUT2D eigenvalue weighted by Crippen LogP contribution is 2.36. The zero-order chi connectivity index (χ0) is 17.2. The first-order valence-electron chi connectivity index (χ1n) is 8.63. The molecule has 0 atom stereocenters. The molecule has 6 heteroatoms. The average molecular weight is 392 g/mol. The van der Waals surface area contributed by atoms with E-state index in [1.807, 2.05) is 18.2 Å². The topological polar surface area (TPSA) is 30.2 Å². The third-order valence-electron chi connectivity index (χ3n) is 4.77. The van der Waals surface area contributed by atoms with Gasteiger partial charge in [-0.15, -0.1) is 22.0 Å². The summed E-state index contributed by atoms with van der Waals surface area (Å²) in [6.45, 7) is 0. The van der Waals surface area contributed by atoms with Crippen LogP contribution in [-0.2, 0) is 5.75 Å². The minimum absolute atomic E-state index is 0.547. The predicted molar refractivity (Wildman–Crippen MR) is 105 cm³/mol. The highest BCUT2D eigenvalue weighted by molar-refractivity contribution is 7.98. The SMILES string of the molecule is Clc1cccc(Cl)c1SCc1ccn2c(C3CCCCC3)nnc2c1.